The molecule has 7 heteroatoms. The molecule has 6 rings (SSSR count). The van der Waals surface area contributed by atoms with Gasteiger partial charge in [-0.1, -0.05) is 6.92 Å². The van der Waals surface area contributed by atoms with E-state index in [9.17, 15) is 9.18 Å². The molecule has 1 amide bonds. The maximum Gasteiger partial charge on any atom is 0.252 e. The molecule has 6 nitrogen and oxygen atoms in total. The van der Waals surface area contributed by atoms with Crippen molar-refractivity contribution in [1.29, 1.82) is 0 Å². The van der Waals surface area contributed by atoms with Gasteiger partial charge in [-0.15, -0.1) is 0 Å². The average Bonchev–Trinajstić information content (AvgIpc) is 3.70. The lowest BCUT2D eigenvalue weighted by atomic mass is 10.0. The first-order valence-electron chi connectivity index (χ1n) is 11.1. The summed E-state index contributed by atoms with van der Waals surface area (Å²) in [5.74, 6) is 2.45. The summed E-state index contributed by atoms with van der Waals surface area (Å²) in [6.07, 6.45) is 3.77. The summed E-state index contributed by atoms with van der Waals surface area (Å²) in [5.41, 5.74) is 3.09. The third-order valence-electron chi connectivity index (χ3n) is 7.13. The lowest BCUT2D eigenvalue weighted by molar-refractivity contribution is 0.0926. The van der Waals surface area contributed by atoms with Crippen molar-refractivity contribution in [2.24, 2.45) is 11.8 Å². The number of nitrogens with one attached hydrogen (secondary N) is 1. The molecule has 0 unspecified atom stereocenters. The summed E-state index contributed by atoms with van der Waals surface area (Å²) in [4.78, 5) is 29.1. The van der Waals surface area contributed by atoms with Crippen molar-refractivity contribution in [2.75, 3.05) is 11.4 Å². The Morgan fingerprint density at radius 1 is 1.16 bits per heavy atom. The highest BCUT2D eigenvalue weighted by Crippen LogP contribution is 2.57. The zero-order chi connectivity index (χ0) is 22.0. The Hall–Kier alpha value is -3.35. The molecular formula is C25H24FN5O. The number of halogens is 1. The van der Waals surface area contributed by atoms with Crippen molar-refractivity contribution in [3.05, 3.63) is 77.3 Å². The highest BCUT2D eigenvalue weighted by molar-refractivity contribution is 5.95. The molecule has 1 aliphatic heterocycles. The molecule has 2 aromatic heterocycles. The van der Waals surface area contributed by atoms with Crippen molar-refractivity contribution in [2.45, 2.75) is 38.1 Å². The first kappa shape index (κ1) is 19.3. The maximum atomic E-state index is 13.3. The fraction of sp³-hybridized carbons (Fsp3) is 0.360. The van der Waals surface area contributed by atoms with Gasteiger partial charge in [0.1, 0.15) is 17.5 Å². The molecule has 3 aliphatic rings. The van der Waals surface area contributed by atoms with E-state index in [1.54, 1.807) is 6.20 Å². The molecule has 4 atom stereocenters. The molecule has 1 aromatic carbocycles. The number of pyridine rings is 1. The third-order valence-corrected chi connectivity index (χ3v) is 7.13. The first-order valence-corrected chi connectivity index (χ1v) is 11.1. The lowest BCUT2D eigenvalue weighted by Gasteiger charge is -2.30. The van der Waals surface area contributed by atoms with Gasteiger partial charge in [-0.2, -0.15) is 0 Å². The smallest absolute Gasteiger partial charge is 0.252 e. The summed E-state index contributed by atoms with van der Waals surface area (Å²) >= 11 is 0. The number of aryl methyl sites for hydroxylation is 1. The van der Waals surface area contributed by atoms with E-state index < -0.39 is 5.54 Å². The van der Waals surface area contributed by atoms with Gasteiger partial charge in [0.25, 0.3) is 5.91 Å². The second-order valence-corrected chi connectivity index (χ2v) is 9.31. The van der Waals surface area contributed by atoms with E-state index in [1.165, 1.54) is 24.3 Å². The summed E-state index contributed by atoms with van der Waals surface area (Å²) in [6, 6.07) is 11.8. The van der Waals surface area contributed by atoms with Gasteiger partial charge in [-0.05, 0) is 74.1 Å². The van der Waals surface area contributed by atoms with Gasteiger partial charge in [0.15, 0.2) is 0 Å². The fourth-order valence-corrected chi connectivity index (χ4v) is 5.04. The summed E-state index contributed by atoms with van der Waals surface area (Å²) in [5, 5.41) is 3.20. The van der Waals surface area contributed by atoms with Crippen LogP contribution in [0.2, 0.25) is 0 Å². The van der Waals surface area contributed by atoms with Crippen molar-refractivity contribution in [3.8, 4) is 0 Å². The Morgan fingerprint density at radius 2 is 1.94 bits per heavy atom. The number of anilines is 2. The van der Waals surface area contributed by atoms with E-state index in [2.05, 4.69) is 33.2 Å². The Balaban J connectivity index is 1.33. The topological polar surface area (TPSA) is 71.0 Å². The second kappa shape index (κ2) is 6.82. The van der Waals surface area contributed by atoms with Crippen LogP contribution in [0.1, 0.15) is 53.3 Å². The van der Waals surface area contributed by atoms with Gasteiger partial charge >= 0.3 is 0 Å². The van der Waals surface area contributed by atoms with Crippen LogP contribution in [0.3, 0.4) is 0 Å². The van der Waals surface area contributed by atoms with Gasteiger partial charge in [-0.25, -0.2) is 14.4 Å². The largest absolute Gasteiger partial charge is 0.341 e. The van der Waals surface area contributed by atoms with Crippen molar-refractivity contribution in [1.82, 2.24) is 20.3 Å². The van der Waals surface area contributed by atoms with Crippen LogP contribution in [-0.4, -0.2) is 27.4 Å². The van der Waals surface area contributed by atoms with E-state index in [4.69, 9.17) is 4.98 Å². The van der Waals surface area contributed by atoms with Crippen molar-refractivity contribution < 1.29 is 9.18 Å². The van der Waals surface area contributed by atoms with Crippen molar-refractivity contribution in [3.63, 3.8) is 0 Å². The molecule has 0 radical (unpaired) electrons. The number of aromatic nitrogens is 3. The minimum Gasteiger partial charge on any atom is -0.341 e. The van der Waals surface area contributed by atoms with Gasteiger partial charge in [0.2, 0.25) is 0 Å². The summed E-state index contributed by atoms with van der Waals surface area (Å²) in [7, 11) is 0. The molecule has 1 N–H and O–H groups in total. The molecule has 3 aromatic rings. The predicted molar refractivity (Wildman–Crippen MR) is 118 cm³/mol. The standard InChI is InChI=1S/C25H24FN5O/c1-14-12-25(14,30-24(32)16-3-5-18(26)6-4-16)21-8-7-20-23(29-21)19-11-17(19)13-31(20)22-9-10-27-15(2)28-22/h3-10,14,17,19H,11-13H2,1-2H3,(H,30,32)/t14-,17-,19-,25-/m0/s1. The highest BCUT2D eigenvalue weighted by atomic mass is 19.1. The molecule has 32 heavy (non-hydrogen) atoms. The van der Waals surface area contributed by atoms with E-state index in [0.717, 1.165) is 48.1 Å². The Labute approximate surface area is 185 Å². The van der Waals surface area contributed by atoms with Gasteiger partial charge in [-0.3, -0.25) is 9.78 Å². The predicted octanol–water partition coefficient (Wildman–Crippen LogP) is 4.24. The van der Waals surface area contributed by atoms with Gasteiger partial charge in [0, 0.05) is 24.2 Å². The van der Waals surface area contributed by atoms with Crippen LogP contribution in [-0.2, 0) is 5.54 Å². The minimum atomic E-state index is -0.474. The maximum absolute atomic E-state index is 13.3. The highest BCUT2D eigenvalue weighted by Gasteiger charge is 2.56. The molecule has 0 saturated heterocycles. The fourth-order valence-electron chi connectivity index (χ4n) is 5.04. The first-order chi connectivity index (χ1) is 15.4. The number of benzene rings is 1. The normalized spacial score (nSPS) is 27.3. The molecule has 2 fully saturated rings. The lowest BCUT2D eigenvalue weighted by Crippen LogP contribution is -2.37. The Bertz CT molecular complexity index is 1230. The molecule has 162 valence electrons. The second-order valence-electron chi connectivity index (χ2n) is 9.31. The minimum absolute atomic E-state index is 0.198. The number of amides is 1. The van der Waals surface area contributed by atoms with Crippen LogP contribution in [0.5, 0.6) is 0 Å². The summed E-state index contributed by atoms with van der Waals surface area (Å²) in [6.45, 7) is 4.97. The summed E-state index contributed by atoms with van der Waals surface area (Å²) < 4.78 is 13.3. The van der Waals surface area contributed by atoms with E-state index >= 15 is 0 Å². The Kier molecular flexibility index (Phi) is 4.12. The van der Waals surface area contributed by atoms with E-state index in [1.807, 2.05) is 19.1 Å². The van der Waals surface area contributed by atoms with E-state index in [0.29, 0.717) is 17.4 Å². The number of nitrogens with zero attached hydrogens (tertiary/aromatic N) is 4. The SMILES string of the molecule is Cc1nccc(N2C[C@@H]3C[C@@H]3c3nc([C@]4(NC(=O)c5ccc(F)cc5)C[C@@H]4C)ccc32)n1. The van der Waals surface area contributed by atoms with Crippen LogP contribution in [0.25, 0.3) is 0 Å². The van der Waals surface area contributed by atoms with Crippen LogP contribution >= 0.6 is 0 Å². The molecule has 0 spiro atoms. The zero-order valence-corrected chi connectivity index (χ0v) is 18.0. The van der Waals surface area contributed by atoms with Crippen LogP contribution in [0, 0.1) is 24.6 Å². The van der Waals surface area contributed by atoms with Crippen LogP contribution < -0.4 is 10.2 Å². The van der Waals surface area contributed by atoms with Gasteiger partial charge < -0.3 is 10.2 Å². The number of carbonyl (C=O) groups is 1. The number of rotatable bonds is 4. The molecule has 3 heterocycles. The van der Waals surface area contributed by atoms with E-state index in [-0.39, 0.29) is 17.6 Å². The monoisotopic (exact) mass is 429 g/mol. The number of fused-ring (bicyclic) bond motifs is 3. The molecule has 0 bridgehead atoms. The average molecular weight is 429 g/mol. The molecule has 2 aliphatic carbocycles. The number of hydrogen-bond acceptors (Lipinski definition) is 5. The molecule has 2 saturated carbocycles. The Morgan fingerprint density at radius 3 is 2.66 bits per heavy atom. The van der Waals surface area contributed by atoms with Crippen LogP contribution in [0.4, 0.5) is 15.9 Å². The van der Waals surface area contributed by atoms with Crippen molar-refractivity contribution >= 4 is 17.4 Å². The number of carbonyl (C=O) groups excluding carboxylic acids is 1. The van der Waals surface area contributed by atoms with Gasteiger partial charge in [0.05, 0.1) is 22.6 Å². The zero-order valence-electron chi connectivity index (χ0n) is 18.0. The molecular weight excluding hydrogens is 405 g/mol. The number of hydrogen-bond donors (Lipinski definition) is 1. The quantitative estimate of drug-likeness (QED) is 0.672. The third kappa shape index (κ3) is 3.06. The van der Waals surface area contributed by atoms with Crippen LogP contribution in [0.15, 0.2) is 48.7 Å².